The van der Waals surface area contributed by atoms with Gasteiger partial charge in [-0.15, -0.1) is 0 Å². The quantitative estimate of drug-likeness (QED) is 0.117. The number of fused-ring (bicyclic) bond motifs is 2. The lowest BCUT2D eigenvalue weighted by atomic mass is 9.91. The van der Waals surface area contributed by atoms with E-state index in [4.69, 9.17) is 9.47 Å². The molecule has 11 nitrogen and oxygen atoms in total. The largest absolute Gasteiger partial charge is 0.444 e. The van der Waals surface area contributed by atoms with Gasteiger partial charge >= 0.3 is 12.2 Å². The number of aliphatic hydroxyl groups excluding tert-OH is 1. The first-order valence-electron chi connectivity index (χ1n) is 16.7. The third kappa shape index (κ3) is 9.60. The predicted molar refractivity (Wildman–Crippen MR) is 191 cm³/mol. The maximum Gasteiger partial charge on any atom is 0.412 e. The van der Waals surface area contributed by atoms with E-state index in [1.807, 2.05) is 86.0 Å². The number of aliphatic imine (C=N–C) groups is 1. The van der Waals surface area contributed by atoms with Crippen LogP contribution in [-0.4, -0.2) is 57.4 Å². The van der Waals surface area contributed by atoms with Crippen molar-refractivity contribution >= 4 is 51.8 Å². The molecule has 1 aliphatic carbocycles. The second kappa shape index (κ2) is 14.7. The molecule has 260 valence electrons. The van der Waals surface area contributed by atoms with Crippen molar-refractivity contribution in [1.82, 2.24) is 20.5 Å². The highest BCUT2D eigenvalue weighted by atomic mass is 16.6. The number of amides is 3. The lowest BCUT2D eigenvalue weighted by molar-refractivity contribution is 0.0486. The Kier molecular flexibility index (Phi) is 10.6. The van der Waals surface area contributed by atoms with Gasteiger partial charge in [0.15, 0.2) is 0 Å². The summed E-state index contributed by atoms with van der Waals surface area (Å²) in [5.74, 6) is -0.195. The summed E-state index contributed by atoms with van der Waals surface area (Å²) in [5, 5.41) is 21.6. The Morgan fingerprint density at radius 3 is 2.16 bits per heavy atom. The zero-order chi connectivity index (χ0) is 35.3. The number of aromatic nitrogens is 1. The smallest absolute Gasteiger partial charge is 0.412 e. The summed E-state index contributed by atoms with van der Waals surface area (Å²) in [5.41, 5.74) is 2.41. The van der Waals surface area contributed by atoms with E-state index in [1.54, 1.807) is 20.8 Å². The molecule has 5 rings (SSSR count). The summed E-state index contributed by atoms with van der Waals surface area (Å²) < 4.78 is 12.7. The number of nitrogens with zero attached hydrogens (tertiary/aromatic N) is 2. The lowest BCUT2D eigenvalue weighted by Crippen LogP contribution is -2.45. The van der Waals surface area contributed by atoms with Gasteiger partial charge in [-0.2, -0.15) is 0 Å². The SMILES string of the molecule is CC(C)(C)OC(=O)NC=Nc1ccc2cc(C(=O)NC3CCC(NC(=O)OC(C)(C)C)CC3)n(Cc3cc(CO)cc4ccccc34)c2c1. The average Bonchev–Trinajstić information content (AvgIpc) is 3.37. The van der Waals surface area contributed by atoms with E-state index in [0.29, 0.717) is 17.9 Å². The molecule has 1 heterocycles. The third-order valence-electron chi connectivity index (χ3n) is 8.22. The number of carbonyl (C=O) groups excluding carboxylic acids is 3. The number of rotatable bonds is 8. The van der Waals surface area contributed by atoms with Crippen LogP contribution in [0.1, 0.15) is 88.8 Å². The van der Waals surface area contributed by atoms with Crippen LogP contribution in [0, 0.1) is 0 Å². The van der Waals surface area contributed by atoms with Gasteiger partial charge in [-0.3, -0.25) is 10.1 Å². The Morgan fingerprint density at radius 1 is 0.837 bits per heavy atom. The van der Waals surface area contributed by atoms with E-state index in [0.717, 1.165) is 58.5 Å². The van der Waals surface area contributed by atoms with Crippen molar-refractivity contribution in [3.8, 4) is 0 Å². The zero-order valence-electron chi connectivity index (χ0n) is 29.1. The van der Waals surface area contributed by atoms with Crippen LogP contribution in [0.15, 0.2) is 65.7 Å². The van der Waals surface area contributed by atoms with Gasteiger partial charge in [0.1, 0.15) is 16.9 Å². The summed E-state index contributed by atoms with van der Waals surface area (Å²) in [6, 6.07) is 19.4. The van der Waals surface area contributed by atoms with Crippen LogP contribution in [0.3, 0.4) is 0 Å². The molecular formula is C38H47N5O6. The van der Waals surface area contributed by atoms with E-state index >= 15 is 0 Å². The zero-order valence-corrected chi connectivity index (χ0v) is 29.1. The summed E-state index contributed by atoms with van der Waals surface area (Å²) in [7, 11) is 0. The van der Waals surface area contributed by atoms with E-state index < -0.39 is 23.4 Å². The normalized spacial score (nSPS) is 16.9. The first-order chi connectivity index (χ1) is 23.2. The Bertz CT molecular complexity index is 1860. The third-order valence-corrected chi connectivity index (χ3v) is 8.22. The first-order valence-corrected chi connectivity index (χ1v) is 16.7. The van der Waals surface area contributed by atoms with E-state index in [9.17, 15) is 19.5 Å². The molecule has 1 aromatic heterocycles. The van der Waals surface area contributed by atoms with Crippen molar-refractivity contribution in [2.45, 2.75) is 104 Å². The van der Waals surface area contributed by atoms with E-state index in [1.165, 1.54) is 6.34 Å². The van der Waals surface area contributed by atoms with Crippen molar-refractivity contribution in [3.63, 3.8) is 0 Å². The minimum atomic E-state index is -0.636. The van der Waals surface area contributed by atoms with Crippen molar-refractivity contribution < 1.29 is 29.0 Å². The van der Waals surface area contributed by atoms with Gasteiger partial charge in [0.2, 0.25) is 0 Å². The van der Waals surface area contributed by atoms with Crippen molar-refractivity contribution in [2.75, 3.05) is 0 Å². The van der Waals surface area contributed by atoms with Gasteiger partial charge in [-0.25, -0.2) is 14.6 Å². The molecule has 1 fully saturated rings. The summed E-state index contributed by atoms with van der Waals surface area (Å²) in [4.78, 5) is 42.8. The maximum absolute atomic E-state index is 14.0. The van der Waals surface area contributed by atoms with Crippen LogP contribution in [0.2, 0.25) is 0 Å². The van der Waals surface area contributed by atoms with Gasteiger partial charge in [0.05, 0.1) is 24.1 Å². The molecule has 49 heavy (non-hydrogen) atoms. The fourth-order valence-electron chi connectivity index (χ4n) is 6.12. The molecule has 0 saturated heterocycles. The molecule has 3 amide bonds. The molecule has 0 atom stereocenters. The van der Waals surface area contributed by atoms with Crippen LogP contribution in [0.25, 0.3) is 21.7 Å². The van der Waals surface area contributed by atoms with Crippen LogP contribution >= 0.6 is 0 Å². The number of aliphatic hydroxyl groups is 1. The highest BCUT2D eigenvalue weighted by Crippen LogP contribution is 2.29. The molecule has 0 radical (unpaired) electrons. The molecule has 4 aromatic rings. The number of benzene rings is 3. The molecule has 0 unspecified atom stereocenters. The van der Waals surface area contributed by atoms with E-state index in [-0.39, 0.29) is 24.6 Å². The molecule has 11 heteroatoms. The second-order valence-electron chi connectivity index (χ2n) is 14.6. The van der Waals surface area contributed by atoms with Gasteiger partial charge in [-0.1, -0.05) is 36.4 Å². The molecule has 0 spiro atoms. The van der Waals surface area contributed by atoms with Crippen LogP contribution in [-0.2, 0) is 22.6 Å². The molecule has 4 N–H and O–H groups in total. The average molecular weight is 670 g/mol. The number of nitrogens with one attached hydrogen (secondary N) is 3. The number of hydrogen-bond acceptors (Lipinski definition) is 7. The molecular weight excluding hydrogens is 622 g/mol. The minimum Gasteiger partial charge on any atom is -0.444 e. The highest BCUT2D eigenvalue weighted by molar-refractivity contribution is 6.00. The molecule has 1 aliphatic rings. The maximum atomic E-state index is 14.0. The van der Waals surface area contributed by atoms with Crippen LogP contribution in [0.4, 0.5) is 15.3 Å². The minimum absolute atomic E-state index is 0.00897. The standard InChI is InChI=1S/C38H47N5O6/c1-37(2,3)48-35(46)40-23-39-30-12-11-26-19-33(34(45)41-28-13-15-29(16-14-28)42-36(47)49-38(4,5)6)43(32(26)20-30)21-27-18-24(22-44)17-25-9-7-8-10-31(25)27/h7-12,17-20,23,28-29,44H,13-16,21-22H2,1-6H3,(H,41,45)(H,42,47)(H,39,40,46). The van der Waals surface area contributed by atoms with Crippen molar-refractivity contribution in [1.29, 1.82) is 0 Å². The fraction of sp³-hybridized carbons (Fsp3) is 0.421. The number of carbonyl (C=O) groups is 3. The predicted octanol–water partition coefficient (Wildman–Crippen LogP) is 7.09. The number of alkyl carbamates (subject to hydrolysis) is 2. The Hall–Kier alpha value is -4.90. The number of ether oxygens (including phenoxy) is 2. The second-order valence-corrected chi connectivity index (χ2v) is 14.6. The highest BCUT2D eigenvalue weighted by Gasteiger charge is 2.27. The van der Waals surface area contributed by atoms with E-state index in [2.05, 4.69) is 20.9 Å². The Balaban J connectivity index is 1.41. The van der Waals surface area contributed by atoms with Crippen LogP contribution in [0.5, 0.6) is 0 Å². The monoisotopic (exact) mass is 669 g/mol. The molecule has 0 bridgehead atoms. The van der Waals surface area contributed by atoms with Gasteiger partial charge < -0.3 is 29.8 Å². The Morgan fingerprint density at radius 2 is 1.49 bits per heavy atom. The lowest BCUT2D eigenvalue weighted by Gasteiger charge is -2.30. The van der Waals surface area contributed by atoms with Gasteiger partial charge in [0.25, 0.3) is 5.91 Å². The fourth-order valence-corrected chi connectivity index (χ4v) is 6.12. The summed E-state index contributed by atoms with van der Waals surface area (Å²) in [6.07, 6.45) is 3.16. The van der Waals surface area contributed by atoms with Gasteiger partial charge in [0, 0.05) is 24.0 Å². The van der Waals surface area contributed by atoms with Gasteiger partial charge in [-0.05, 0) is 113 Å². The number of hydrogen-bond donors (Lipinski definition) is 4. The topological polar surface area (TPSA) is 143 Å². The molecule has 1 saturated carbocycles. The van der Waals surface area contributed by atoms with Crippen LogP contribution < -0.4 is 16.0 Å². The first kappa shape index (κ1) is 35.4. The van der Waals surface area contributed by atoms with Crippen molar-refractivity contribution in [3.05, 3.63) is 77.5 Å². The van der Waals surface area contributed by atoms with Crippen molar-refractivity contribution in [2.24, 2.45) is 4.99 Å². The summed E-state index contributed by atoms with van der Waals surface area (Å²) in [6.45, 7) is 11.1. The molecule has 3 aromatic carbocycles. The summed E-state index contributed by atoms with van der Waals surface area (Å²) >= 11 is 0. The molecule has 0 aliphatic heterocycles. The Labute approximate surface area is 287 Å².